The summed E-state index contributed by atoms with van der Waals surface area (Å²) in [6.07, 6.45) is 0. The zero-order chi connectivity index (χ0) is 23.0. The Morgan fingerprint density at radius 1 is 1.16 bits per heavy atom. The Morgan fingerprint density at radius 2 is 1.88 bits per heavy atom. The Balaban J connectivity index is 1.59. The Bertz CT molecular complexity index is 1210. The minimum Gasteiger partial charge on any atom is -0.319 e. The lowest BCUT2D eigenvalue weighted by molar-refractivity contribution is -0.131. The van der Waals surface area contributed by atoms with E-state index in [9.17, 15) is 14.4 Å². The van der Waals surface area contributed by atoms with Gasteiger partial charge in [-0.15, -0.1) is 11.3 Å². The van der Waals surface area contributed by atoms with Crippen molar-refractivity contribution in [2.45, 2.75) is 39.8 Å². The van der Waals surface area contributed by atoms with Crippen molar-refractivity contribution in [1.82, 2.24) is 15.2 Å². The van der Waals surface area contributed by atoms with Crippen molar-refractivity contribution in [2.75, 3.05) is 4.90 Å². The molecule has 1 unspecified atom stereocenters. The first-order valence-electron chi connectivity index (χ1n) is 10.2. The third-order valence-corrected chi connectivity index (χ3v) is 6.46. The quantitative estimate of drug-likeness (QED) is 0.586. The van der Waals surface area contributed by atoms with Crippen molar-refractivity contribution in [3.05, 3.63) is 76.3 Å². The molecule has 7 nitrogen and oxygen atoms in total. The lowest BCUT2D eigenvalue weighted by Crippen LogP contribution is -2.40. The fourth-order valence-electron chi connectivity index (χ4n) is 3.90. The third-order valence-electron chi connectivity index (χ3n) is 5.59. The summed E-state index contributed by atoms with van der Waals surface area (Å²) in [6, 6.07) is 14.6. The van der Waals surface area contributed by atoms with Crippen molar-refractivity contribution in [2.24, 2.45) is 0 Å². The Hall–Kier alpha value is -3.52. The van der Waals surface area contributed by atoms with Crippen LogP contribution in [0.2, 0.25) is 0 Å². The summed E-state index contributed by atoms with van der Waals surface area (Å²) in [6.45, 7) is 7.17. The van der Waals surface area contributed by atoms with Gasteiger partial charge in [0, 0.05) is 12.3 Å². The molecule has 2 aromatic carbocycles. The molecule has 1 aliphatic heterocycles. The zero-order valence-electron chi connectivity index (χ0n) is 18.4. The highest BCUT2D eigenvalue weighted by molar-refractivity contribution is 7.14. The number of anilines is 2. The fourth-order valence-corrected chi connectivity index (χ4v) is 4.78. The molecule has 1 aliphatic rings. The van der Waals surface area contributed by atoms with Gasteiger partial charge in [-0.3, -0.25) is 19.4 Å². The minimum absolute atomic E-state index is 0.0300. The summed E-state index contributed by atoms with van der Waals surface area (Å²) in [5.41, 5.74) is 2.97. The summed E-state index contributed by atoms with van der Waals surface area (Å²) in [5.74, 6) is -0.495. The second kappa shape index (κ2) is 8.20. The number of nitrogens with one attached hydrogen (secondary N) is 1. The molecule has 0 aliphatic carbocycles. The zero-order valence-corrected chi connectivity index (χ0v) is 19.2. The predicted molar refractivity (Wildman–Crippen MR) is 124 cm³/mol. The molecule has 4 amide bonds. The van der Waals surface area contributed by atoms with Crippen LogP contribution in [0.25, 0.3) is 0 Å². The number of urea groups is 1. The molecule has 8 heteroatoms. The van der Waals surface area contributed by atoms with Crippen LogP contribution < -0.4 is 10.2 Å². The molecular formula is C24H24N4O3S. The number of hydrogen-bond donors (Lipinski definition) is 1. The molecule has 0 radical (unpaired) electrons. The van der Waals surface area contributed by atoms with E-state index in [0.717, 1.165) is 22.4 Å². The number of carbonyl (C=O) groups excluding carboxylic acids is 3. The second-order valence-corrected chi connectivity index (χ2v) is 8.91. The second-order valence-electron chi connectivity index (χ2n) is 8.08. The van der Waals surface area contributed by atoms with E-state index in [4.69, 9.17) is 0 Å². The van der Waals surface area contributed by atoms with Gasteiger partial charge >= 0.3 is 6.03 Å². The average Bonchev–Trinajstić information content (AvgIpc) is 3.29. The molecule has 1 saturated heterocycles. The van der Waals surface area contributed by atoms with Gasteiger partial charge in [0.05, 0.1) is 17.9 Å². The highest BCUT2D eigenvalue weighted by atomic mass is 32.1. The maximum Gasteiger partial charge on any atom is 0.325 e. The number of rotatable bonds is 5. The van der Waals surface area contributed by atoms with Crippen LogP contribution in [0, 0.1) is 13.8 Å². The van der Waals surface area contributed by atoms with Crippen LogP contribution in [0.3, 0.4) is 0 Å². The molecule has 4 rings (SSSR count). The number of carbonyl (C=O) groups is 3. The topological polar surface area (TPSA) is 82.6 Å². The molecule has 0 spiro atoms. The van der Waals surface area contributed by atoms with Crippen LogP contribution in [0.15, 0.2) is 53.9 Å². The van der Waals surface area contributed by atoms with Gasteiger partial charge in [0.15, 0.2) is 5.13 Å². The van der Waals surface area contributed by atoms with Gasteiger partial charge in [0.1, 0.15) is 5.54 Å². The van der Waals surface area contributed by atoms with E-state index in [-0.39, 0.29) is 18.4 Å². The van der Waals surface area contributed by atoms with E-state index in [1.54, 1.807) is 17.2 Å². The molecule has 1 aromatic heterocycles. The molecule has 0 bridgehead atoms. The molecule has 164 valence electrons. The highest BCUT2D eigenvalue weighted by Gasteiger charge is 2.49. The van der Waals surface area contributed by atoms with Gasteiger partial charge in [0.25, 0.3) is 5.91 Å². The maximum atomic E-state index is 13.1. The number of imide groups is 1. The normalized spacial score (nSPS) is 18.1. The standard InChI is InChI=1S/C24H24N4O3S/c1-15-10-11-20(16(2)12-15)28(17(3)29)23-25-19(14-32-23)13-27-21(30)24(4,26-22(27)31)18-8-6-5-7-9-18/h5-12,14H,13H2,1-4H3,(H,26,31). The monoisotopic (exact) mass is 448 g/mol. The SMILES string of the molecule is CC(=O)N(c1nc(CN2C(=O)NC(C)(c3ccccc3)C2=O)cs1)c1ccc(C)cc1C. The molecule has 2 heterocycles. The van der Waals surface area contributed by atoms with Gasteiger partial charge in [0.2, 0.25) is 5.91 Å². The van der Waals surface area contributed by atoms with E-state index in [1.165, 1.54) is 23.2 Å². The first-order chi connectivity index (χ1) is 15.2. The van der Waals surface area contributed by atoms with Crippen LogP contribution in [0.4, 0.5) is 15.6 Å². The van der Waals surface area contributed by atoms with E-state index in [2.05, 4.69) is 10.3 Å². The van der Waals surface area contributed by atoms with E-state index in [1.807, 2.05) is 62.4 Å². The van der Waals surface area contributed by atoms with Crippen molar-refractivity contribution in [3.8, 4) is 0 Å². The largest absolute Gasteiger partial charge is 0.325 e. The van der Waals surface area contributed by atoms with E-state index in [0.29, 0.717) is 10.8 Å². The summed E-state index contributed by atoms with van der Waals surface area (Å²) < 4.78 is 0. The Morgan fingerprint density at radius 3 is 2.53 bits per heavy atom. The first kappa shape index (κ1) is 21.7. The lowest BCUT2D eigenvalue weighted by atomic mass is 9.92. The Labute approximate surface area is 190 Å². The van der Waals surface area contributed by atoms with Crippen molar-refractivity contribution in [3.63, 3.8) is 0 Å². The number of benzene rings is 2. The fraction of sp³-hybridized carbons (Fsp3) is 0.250. The number of amides is 4. The van der Waals surface area contributed by atoms with Crippen molar-refractivity contribution in [1.29, 1.82) is 0 Å². The predicted octanol–water partition coefficient (Wildman–Crippen LogP) is 4.41. The lowest BCUT2D eigenvalue weighted by Gasteiger charge is -2.22. The van der Waals surface area contributed by atoms with E-state index < -0.39 is 11.6 Å². The average molecular weight is 449 g/mol. The summed E-state index contributed by atoms with van der Waals surface area (Å²) in [5, 5.41) is 5.07. The first-order valence-corrected chi connectivity index (χ1v) is 11.1. The molecule has 0 saturated carbocycles. The minimum atomic E-state index is -1.12. The smallest absolute Gasteiger partial charge is 0.319 e. The summed E-state index contributed by atoms with van der Waals surface area (Å²) in [7, 11) is 0. The van der Waals surface area contributed by atoms with Crippen LogP contribution in [-0.2, 0) is 21.7 Å². The van der Waals surface area contributed by atoms with Crippen molar-refractivity contribution >= 4 is 40.0 Å². The molecule has 32 heavy (non-hydrogen) atoms. The number of thiazole rings is 1. The van der Waals surface area contributed by atoms with E-state index >= 15 is 0 Å². The third kappa shape index (κ3) is 3.78. The molecule has 1 atom stereocenters. The van der Waals surface area contributed by atoms with Crippen LogP contribution in [0.5, 0.6) is 0 Å². The number of hydrogen-bond acceptors (Lipinski definition) is 5. The van der Waals surface area contributed by atoms with Gasteiger partial charge in [-0.05, 0) is 38.0 Å². The summed E-state index contributed by atoms with van der Waals surface area (Å²) >= 11 is 1.30. The van der Waals surface area contributed by atoms with Gasteiger partial charge in [-0.1, -0.05) is 48.0 Å². The number of aromatic nitrogens is 1. The van der Waals surface area contributed by atoms with Gasteiger partial charge < -0.3 is 5.32 Å². The molecular weight excluding hydrogens is 424 g/mol. The number of nitrogens with zero attached hydrogens (tertiary/aromatic N) is 3. The number of aryl methyl sites for hydroxylation is 2. The molecule has 1 N–H and O–H groups in total. The molecule has 1 fully saturated rings. The van der Waals surface area contributed by atoms with Gasteiger partial charge in [-0.2, -0.15) is 0 Å². The van der Waals surface area contributed by atoms with Gasteiger partial charge in [-0.25, -0.2) is 9.78 Å². The molecule has 3 aromatic rings. The highest BCUT2D eigenvalue weighted by Crippen LogP contribution is 2.33. The Kier molecular flexibility index (Phi) is 5.56. The van der Waals surface area contributed by atoms with Crippen LogP contribution in [0.1, 0.15) is 36.2 Å². The van der Waals surface area contributed by atoms with Crippen LogP contribution >= 0.6 is 11.3 Å². The maximum absolute atomic E-state index is 13.1. The van der Waals surface area contributed by atoms with Crippen LogP contribution in [-0.4, -0.2) is 27.7 Å². The van der Waals surface area contributed by atoms with Crippen molar-refractivity contribution < 1.29 is 14.4 Å². The summed E-state index contributed by atoms with van der Waals surface area (Å²) in [4.78, 5) is 45.5.